The Morgan fingerprint density at radius 3 is 2.88 bits per heavy atom. The van der Waals surface area contributed by atoms with E-state index in [0.29, 0.717) is 22.2 Å². The summed E-state index contributed by atoms with van der Waals surface area (Å²) in [6, 6.07) is 7.41. The lowest BCUT2D eigenvalue weighted by molar-refractivity contribution is 0.614. The molecule has 0 saturated heterocycles. The Labute approximate surface area is 90.9 Å². The van der Waals surface area contributed by atoms with Gasteiger partial charge in [-0.1, -0.05) is 12.1 Å². The number of rotatable bonds is 0. The van der Waals surface area contributed by atoms with Crippen molar-refractivity contribution in [2.24, 2.45) is 7.05 Å². The topological polar surface area (TPSA) is 61.2 Å². The minimum absolute atomic E-state index is 0.111. The number of aryl methyl sites for hydroxylation is 1. The predicted octanol–water partition coefficient (Wildman–Crippen LogP) is 1.87. The number of nitrogen functional groups attached to an aromatic ring is 1. The molecule has 4 nitrogen and oxygen atoms in total. The van der Waals surface area contributed by atoms with Crippen LogP contribution in [0.4, 0.5) is 5.69 Å². The smallest absolute Gasteiger partial charge is 0.232 e. The molecule has 3 rings (SSSR count). The van der Waals surface area contributed by atoms with Crippen LogP contribution in [0.1, 0.15) is 0 Å². The number of nitrogens with two attached hydrogens (primary N) is 1. The van der Waals surface area contributed by atoms with Crippen LogP contribution in [0.15, 0.2) is 39.7 Å². The molecule has 0 fully saturated rings. The molecular formula is C12H10N2O2. The minimum atomic E-state index is -0.111. The van der Waals surface area contributed by atoms with Crippen molar-refractivity contribution in [2.75, 3.05) is 5.73 Å². The summed E-state index contributed by atoms with van der Waals surface area (Å²) in [5.41, 5.74) is 7.99. The van der Waals surface area contributed by atoms with Crippen molar-refractivity contribution in [3.8, 4) is 0 Å². The lowest BCUT2D eigenvalue weighted by atomic mass is 10.2. The normalized spacial score (nSPS) is 11.3. The van der Waals surface area contributed by atoms with Crippen LogP contribution in [0.5, 0.6) is 0 Å². The van der Waals surface area contributed by atoms with E-state index >= 15 is 0 Å². The second kappa shape index (κ2) is 2.88. The van der Waals surface area contributed by atoms with Gasteiger partial charge in [-0.3, -0.25) is 4.79 Å². The molecule has 16 heavy (non-hydrogen) atoms. The third-order valence-electron chi connectivity index (χ3n) is 2.84. The van der Waals surface area contributed by atoms with Crippen LogP contribution in [0.2, 0.25) is 0 Å². The number of hydrogen-bond acceptors (Lipinski definition) is 3. The van der Waals surface area contributed by atoms with E-state index in [0.717, 1.165) is 5.52 Å². The Bertz CT molecular complexity index is 753. The van der Waals surface area contributed by atoms with Crippen molar-refractivity contribution in [3.05, 3.63) is 40.8 Å². The van der Waals surface area contributed by atoms with E-state index < -0.39 is 0 Å². The van der Waals surface area contributed by atoms with Crippen LogP contribution in [0.3, 0.4) is 0 Å². The molecule has 0 bridgehead atoms. The SMILES string of the molecule is Cn1c2ccccc2c(=O)c2occ(N)c21. The maximum Gasteiger partial charge on any atom is 0.232 e. The summed E-state index contributed by atoms with van der Waals surface area (Å²) in [7, 11) is 1.87. The Balaban J connectivity index is 2.75. The zero-order valence-corrected chi connectivity index (χ0v) is 8.73. The van der Waals surface area contributed by atoms with E-state index in [1.54, 1.807) is 6.07 Å². The van der Waals surface area contributed by atoms with Crippen LogP contribution in [0, 0.1) is 0 Å². The van der Waals surface area contributed by atoms with Gasteiger partial charge in [-0.05, 0) is 12.1 Å². The van der Waals surface area contributed by atoms with E-state index in [1.165, 1.54) is 6.26 Å². The summed E-state index contributed by atoms with van der Waals surface area (Å²) in [5.74, 6) is 0. The van der Waals surface area contributed by atoms with E-state index in [4.69, 9.17) is 10.2 Å². The summed E-state index contributed by atoms with van der Waals surface area (Å²) in [6.45, 7) is 0. The van der Waals surface area contributed by atoms with Crippen LogP contribution in [0.25, 0.3) is 22.0 Å². The second-order valence-electron chi connectivity index (χ2n) is 3.77. The summed E-state index contributed by atoms with van der Waals surface area (Å²) in [5, 5.41) is 0.645. The van der Waals surface area contributed by atoms with Gasteiger partial charge in [0.2, 0.25) is 5.43 Å². The fraction of sp³-hybridized carbons (Fsp3) is 0.0833. The van der Waals surface area contributed by atoms with Crippen molar-refractivity contribution in [2.45, 2.75) is 0 Å². The van der Waals surface area contributed by atoms with Crippen molar-refractivity contribution in [1.82, 2.24) is 4.57 Å². The maximum atomic E-state index is 12.1. The molecule has 0 saturated carbocycles. The Kier molecular flexibility index (Phi) is 1.63. The highest BCUT2D eigenvalue weighted by Gasteiger charge is 2.13. The molecule has 80 valence electrons. The number of furan rings is 1. The number of aromatic nitrogens is 1. The first-order valence-corrected chi connectivity index (χ1v) is 4.94. The standard InChI is InChI=1S/C12H10N2O2/c1-14-9-5-3-2-4-7(9)11(15)12-10(14)8(13)6-16-12/h2-6H,13H2,1H3. The molecule has 0 unspecified atom stereocenters. The molecule has 0 atom stereocenters. The largest absolute Gasteiger partial charge is 0.456 e. The number of nitrogens with zero attached hydrogens (tertiary/aromatic N) is 1. The number of hydrogen-bond donors (Lipinski definition) is 1. The molecule has 3 aromatic rings. The highest BCUT2D eigenvalue weighted by atomic mass is 16.3. The average molecular weight is 214 g/mol. The average Bonchev–Trinajstić information content (AvgIpc) is 2.69. The summed E-state index contributed by atoms with van der Waals surface area (Å²) >= 11 is 0. The minimum Gasteiger partial charge on any atom is -0.456 e. The highest BCUT2D eigenvalue weighted by Crippen LogP contribution is 2.23. The summed E-state index contributed by atoms with van der Waals surface area (Å²) < 4.78 is 7.09. The third kappa shape index (κ3) is 0.957. The Hall–Kier alpha value is -2.23. The van der Waals surface area contributed by atoms with Gasteiger partial charge >= 0.3 is 0 Å². The van der Waals surface area contributed by atoms with Gasteiger partial charge in [0.15, 0.2) is 5.58 Å². The number of pyridine rings is 1. The fourth-order valence-corrected chi connectivity index (χ4v) is 2.07. The van der Waals surface area contributed by atoms with Gasteiger partial charge in [0.1, 0.15) is 11.8 Å². The Morgan fingerprint density at radius 1 is 1.31 bits per heavy atom. The van der Waals surface area contributed by atoms with E-state index in [1.807, 2.05) is 29.8 Å². The van der Waals surface area contributed by atoms with Crippen LogP contribution >= 0.6 is 0 Å². The number of para-hydroxylation sites is 1. The fourth-order valence-electron chi connectivity index (χ4n) is 2.07. The molecule has 2 aromatic heterocycles. The first-order valence-electron chi connectivity index (χ1n) is 4.94. The van der Waals surface area contributed by atoms with Gasteiger partial charge in [0, 0.05) is 12.4 Å². The third-order valence-corrected chi connectivity index (χ3v) is 2.84. The van der Waals surface area contributed by atoms with Gasteiger partial charge in [-0.15, -0.1) is 0 Å². The van der Waals surface area contributed by atoms with Gasteiger partial charge in [-0.25, -0.2) is 0 Å². The highest BCUT2D eigenvalue weighted by molar-refractivity contribution is 5.95. The van der Waals surface area contributed by atoms with Crippen LogP contribution in [-0.2, 0) is 7.05 Å². The number of benzene rings is 1. The molecule has 2 N–H and O–H groups in total. The molecule has 0 spiro atoms. The summed E-state index contributed by atoms with van der Waals surface area (Å²) in [6.07, 6.45) is 1.41. The Morgan fingerprint density at radius 2 is 2.06 bits per heavy atom. The molecule has 0 aliphatic heterocycles. The second-order valence-corrected chi connectivity index (χ2v) is 3.77. The molecule has 0 aliphatic rings. The zero-order valence-electron chi connectivity index (χ0n) is 8.73. The van der Waals surface area contributed by atoms with Crippen LogP contribution < -0.4 is 11.2 Å². The monoisotopic (exact) mass is 214 g/mol. The van der Waals surface area contributed by atoms with Crippen molar-refractivity contribution in [3.63, 3.8) is 0 Å². The predicted molar refractivity (Wildman–Crippen MR) is 63.4 cm³/mol. The first kappa shape index (κ1) is 9.03. The molecule has 0 amide bonds. The van der Waals surface area contributed by atoms with Crippen molar-refractivity contribution < 1.29 is 4.42 Å². The maximum absolute atomic E-state index is 12.1. The molecule has 0 aliphatic carbocycles. The van der Waals surface area contributed by atoms with Gasteiger partial charge < -0.3 is 14.7 Å². The molecular weight excluding hydrogens is 204 g/mol. The molecule has 0 radical (unpaired) electrons. The zero-order chi connectivity index (χ0) is 11.3. The van der Waals surface area contributed by atoms with Gasteiger partial charge in [-0.2, -0.15) is 0 Å². The number of fused-ring (bicyclic) bond motifs is 2. The van der Waals surface area contributed by atoms with Crippen molar-refractivity contribution in [1.29, 1.82) is 0 Å². The summed E-state index contributed by atoms with van der Waals surface area (Å²) in [4.78, 5) is 12.1. The molecule has 2 heterocycles. The van der Waals surface area contributed by atoms with E-state index in [2.05, 4.69) is 0 Å². The van der Waals surface area contributed by atoms with Gasteiger partial charge in [0.05, 0.1) is 11.2 Å². The molecule has 4 heteroatoms. The quantitative estimate of drug-likeness (QED) is 0.621. The first-order chi connectivity index (χ1) is 7.70. The molecule has 1 aromatic carbocycles. The van der Waals surface area contributed by atoms with Gasteiger partial charge in [0.25, 0.3) is 0 Å². The van der Waals surface area contributed by atoms with Crippen molar-refractivity contribution >= 4 is 27.7 Å². The lowest BCUT2D eigenvalue weighted by Crippen LogP contribution is -2.08. The van der Waals surface area contributed by atoms with Crippen LogP contribution in [-0.4, -0.2) is 4.57 Å². The van der Waals surface area contributed by atoms with E-state index in [9.17, 15) is 4.79 Å². The number of anilines is 1. The lowest BCUT2D eigenvalue weighted by Gasteiger charge is -2.06. The van der Waals surface area contributed by atoms with E-state index in [-0.39, 0.29) is 5.43 Å².